The first-order chi connectivity index (χ1) is 9.24. The van der Waals surface area contributed by atoms with E-state index in [9.17, 15) is 0 Å². The highest BCUT2D eigenvalue weighted by atomic mass is 16.5. The number of nitrogens with one attached hydrogen (secondary N) is 1. The van der Waals surface area contributed by atoms with Gasteiger partial charge in [-0.25, -0.2) is 0 Å². The molecule has 3 nitrogen and oxygen atoms in total. The Morgan fingerprint density at radius 3 is 2.84 bits per heavy atom. The van der Waals surface area contributed by atoms with E-state index >= 15 is 0 Å². The quantitative estimate of drug-likeness (QED) is 0.547. The normalized spacial score (nSPS) is 10.4. The van der Waals surface area contributed by atoms with Gasteiger partial charge in [-0.15, -0.1) is 6.42 Å². The summed E-state index contributed by atoms with van der Waals surface area (Å²) in [6.07, 6.45) is 5.20. The highest BCUT2D eigenvalue weighted by molar-refractivity contribution is 5.33. The molecule has 3 heteroatoms. The molecule has 0 atom stereocenters. The molecule has 0 amide bonds. The molecule has 0 aliphatic carbocycles. The maximum atomic E-state index is 5.51. The van der Waals surface area contributed by atoms with E-state index in [2.05, 4.69) is 25.1 Å². The van der Waals surface area contributed by atoms with E-state index < -0.39 is 0 Å². The number of hydrogen-bond donors (Lipinski definition) is 1. The molecule has 0 unspecified atom stereocenters. The molecule has 1 aromatic rings. The van der Waals surface area contributed by atoms with Gasteiger partial charge >= 0.3 is 0 Å². The first-order valence-corrected chi connectivity index (χ1v) is 6.66. The lowest BCUT2D eigenvalue weighted by atomic mass is 10.2. The molecule has 0 aliphatic rings. The van der Waals surface area contributed by atoms with Crippen LogP contribution in [0, 0.1) is 18.3 Å². The van der Waals surface area contributed by atoms with Crippen LogP contribution in [0.4, 0.5) is 0 Å². The predicted octanol–water partition coefficient (Wildman–Crippen LogP) is 2.46. The van der Waals surface area contributed by atoms with Gasteiger partial charge in [-0.1, -0.05) is 38.0 Å². The largest absolute Gasteiger partial charge is 0.481 e. The second-order valence-electron chi connectivity index (χ2n) is 4.75. The van der Waals surface area contributed by atoms with Crippen LogP contribution in [0.2, 0.25) is 0 Å². The molecule has 1 rings (SSSR count). The third-order valence-corrected chi connectivity index (χ3v) is 2.47. The van der Waals surface area contributed by atoms with E-state index in [4.69, 9.17) is 15.9 Å². The number of ether oxygens (including phenoxy) is 2. The summed E-state index contributed by atoms with van der Waals surface area (Å²) in [7, 11) is 0. The van der Waals surface area contributed by atoms with Gasteiger partial charge in [0.2, 0.25) is 0 Å². The molecule has 19 heavy (non-hydrogen) atoms. The van der Waals surface area contributed by atoms with Crippen molar-refractivity contribution in [3.63, 3.8) is 0 Å². The summed E-state index contributed by atoms with van der Waals surface area (Å²) in [5.74, 6) is 3.90. The maximum Gasteiger partial charge on any atom is 0.148 e. The molecular weight excluding hydrogens is 238 g/mol. The number of hydrogen-bond acceptors (Lipinski definition) is 3. The number of terminal acetylenes is 1. The Morgan fingerprint density at radius 1 is 1.32 bits per heavy atom. The lowest BCUT2D eigenvalue weighted by Gasteiger charge is -2.11. The summed E-state index contributed by atoms with van der Waals surface area (Å²) >= 11 is 0. The standard InChI is InChI=1S/C16H23NO2/c1-4-10-19-16-8-6-5-7-15(16)12-17-9-11-18-13-14(2)3/h1,5-8,14,17H,9-13H2,2-3H3. The summed E-state index contributed by atoms with van der Waals surface area (Å²) in [5, 5.41) is 3.34. The van der Waals surface area contributed by atoms with E-state index in [0.717, 1.165) is 37.6 Å². The number of para-hydroxylation sites is 1. The van der Waals surface area contributed by atoms with Crippen LogP contribution in [-0.4, -0.2) is 26.4 Å². The minimum Gasteiger partial charge on any atom is -0.481 e. The summed E-state index contributed by atoms with van der Waals surface area (Å²) in [6, 6.07) is 7.91. The van der Waals surface area contributed by atoms with Gasteiger partial charge in [-0.3, -0.25) is 0 Å². The fourth-order valence-corrected chi connectivity index (χ4v) is 1.60. The van der Waals surface area contributed by atoms with Crippen LogP contribution in [0.1, 0.15) is 19.4 Å². The van der Waals surface area contributed by atoms with Crippen LogP contribution in [0.3, 0.4) is 0 Å². The molecule has 0 aromatic heterocycles. The molecule has 0 bridgehead atoms. The molecule has 0 heterocycles. The van der Waals surface area contributed by atoms with Gasteiger partial charge in [0.25, 0.3) is 0 Å². The van der Waals surface area contributed by atoms with E-state index in [1.54, 1.807) is 0 Å². The molecule has 0 fully saturated rings. The van der Waals surface area contributed by atoms with Gasteiger partial charge in [-0.05, 0) is 12.0 Å². The van der Waals surface area contributed by atoms with Gasteiger partial charge in [-0.2, -0.15) is 0 Å². The second kappa shape index (κ2) is 9.43. The van der Waals surface area contributed by atoms with E-state index in [0.29, 0.717) is 12.5 Å². The van der Waals surface area contributed by atoms with Crippen molar-refractivity contribution >= 4 is 0 Å². The lowest BCUT2D eigenvalue weighted by molar-refractivity contribution is 0.111. The van der Waals surface area contributed by atoms with Gasteiger partial charge in [0.05, 0.1) is 6.61 Å². The predicted molar refractivity (Wildman–Crippen MR) is 78.1 cm³/mol. The highest BCUT2D eigenvalue weighted by Gasteiger charge is 2.01. The summed E-state index contributed by atoms with van der Waals surface area (Å²) in [5.41, 5.74) is 1.11. The minimum atomic E-state index is 0.300. The zero-order chi connectivity index (χ0) is 13.9. The van der Waals surface area contributed by atoms with Crippen molar-refractivity contribution in [1.29, 1.82) is 0 Å². The van der Waals surface area contributed by atoms with Crippen molar-refractivity contribution in [2.24, 2.45) is 5.92 Å². The fourth-order valence-electron chi connectivity index (χ4n) is 1.60. The number of benzene rings is 1. The van der Waals surface area contributed by atoms with Gasteiger partial charge in [0.1, 0.15) is 12.4 Å². The lowest BCUT2D eigenvalue weighted by Crippen LogP contribution is -2.20. The first kappa shape index (κ1) is 15.6. The zero-order valence-corrected chi connectivity index (χ0v) is 11.8. The van der Waals surface area contributed by atoms with Crippen LogP contribution in [0.25, 0.3) is 0 Å². The molecule has 0 saturated heterocycles. The summed E-state index contributed by atoms with van der Waals surface area (Å²) in [4.78, 5) is 0. The topological polar surface area (TPSA) is 30.5 Å². The number of rotatable bonds is 9. The Hall–Kier alpha value is -1.50. The van der Waals surface area contributed by atoms with Crippen molar-refractivity contribution in [3.05, 3.63) is 29.8 Å². The SMILES string of the molecule is C#CCOc1ccccc1CNCCOCC(C)C. The van der Waals surface area contributed by atoms with Gasteiger partial charge in [0.15, 0.2) is 0 Å². The molecule has 0 saturated carbocycles. The molecule has 1 aromatic carbocycles. The minimum absolute atomic E-state index is 0.300. The highest BCUT2D eigenvalue weighted by Crippen LogP contribution is 2.17. The van der Waals surface area contributed by atoms with Crippen LogP contribution >= 0.6 is 0 Å². The third-order valence-electron chi connectivity index (χ3n) is 2.47. The average Bonchev–Trinajstić information content (AvgIpc) is 2.41. The Labute approximate surface area is 116 Å². The van der Waals surface area contributed by atoms with Gasteiger partial charge in [0, 0.05) is 25.3 Å². The van der Waals surface area contributed by atoms with Crippen molar-refractivity contribution in [1.82, 2.24) is 5.32 Å². The monoisotopic (exact) mass is 261 g/mol. The Morgan fingerprint density at radius 2 is 2.11 bits per heavy atom. The van der Waals surface area contributed by atoms with Crippen molar-refractivity contribution in [2.75, 3.05) is 26.4 Å². The van der Waals surface area contributed by atoms with E-state index in [1.807, 2.05) is 24.3 Å². The molecular formula is C16H23NO2. The van der Waals surface area contributed by atoms with Crippen LogP contribution in [-0.2, 0) is 11.3 Å². The first-order valence-electron chi connectivity index (χ1n) is 6.66. The van der Waals surface area contributed by atoms with Crippen molar-refractivity contribution in [3.8, 4) is 18.1 Å². The van der Waals surface area contributed by atoms with E-state index in [1.165, 1.54) is 0 Å². The molecule has 1 N–H and O–H groups in total. The summed E-state index contributed by atoms with van der Waals surface area (Å²) < 4.78 is 11.0. The van der Waals surface area contributed by atoms with Crippen LogP contribution in [0.5, 0.6) is 5.75 Å². The molecule has 0 aliphatic heterocycles. The summed E-state index contributed by atoms with van der Waals surface area (Å²) in [6.45, 7) is 7.71. The van der Waals surface area contributed by atoms with Crippen molar-refractivity contribution < 1.29 is 9.47 Å². The van der Waals surface area contributed by atoms with Crippen LogP contribution < -0.4 is 10.1 Å². The molecule has 104 valence electrons. The zero-order valence-electron chi connectivity index (χ0n) is 11.8. The van der Waals surface area contributed by atoms with Crippen LogP contribution in [0.15, 0.2) is 24.3 Å². The second-order valence-corrected chi connectivity index (χ2v) is 4.75. The molecule has 0 radical (unpaired) electrons. The third kappa shape index (κ3) is 6.85. The fraction of sp³-hybridized carbons (Fsp3) is 0.500. The smallest absolute Gasteiger partial charge is 0.148 e. The Balaban J connectivity index is 2.27. The molecule has 0 spiro atoms. The van der Waals surface area contributed by atoms with Gasteiger partial charge < -0.3 is 14.8 Å². The average molecular weight is 261 g/mol. The Kier molecular flexibility index (Phi) is 7.72. The van der Waals surface area contributed by atoms with E-state index in [-0.39, 0.29) is 0 Å². The Bertz CT molecular complexity index is 396. The maximum absolute atomic E-state index is 5.51. The van der Waals surface area contributed by atoms with Crippen molar-refractivity contribution in [2.45, 2.75) is 20.4 Å².